The van der Waals surface area contributed by atoms with Crippen molar-refractivity contribution in [3.63, 3.8) is 0 Å². The fraction of sp³-hybridized carbons (Fsp3) is 0.538. The summed E-state index contributed by atoms with van der Waals surface area (Å²) < 4.78 is 27.6. The van der Waals surface area contributed by atoms with Gasteiger partial charge in [0.1, 0.15) is 0 Å². The van der Waals surface area contributed by atoms with Gasteiger partial charge in [0.25, 0.3) is 0 Å². The fourth-order valence-electron chi connectivity index (χ4n) is 2.46. The van der Waals surface area contributed by atoms with Crippen molar-refractivity contribution in [1.82, 2.24) is 9.62 Å². The smallest absolute Gasteiger partial charge is 0.243 e. The van der Waals surface area contributed by atoms with E-state index >= 15 is 0 Å². The monoisotopic (exact) mass is 382 g/mol. The standard InChI is InChI=1S/C13H19BrN2O2S.ClH/c1-15-9-11-3-2-8-16(10-11)19(17,18)13-6-4-12(14)5-7-13;/h4-7,11,15H,2-3,8-10H2,1H3;1H. The minimum absolute atomic E-state index is 0. The highest BCUT2D eigenvalue weighted by Crippen LogP contribution is 2.24. The molecule has 1 saturated heterocycles. The first-order valence-corrected chi connectivity index (χ1v) is 8.67. The lowest BCUT2D eigenvalue weighted by Gasteiger charge is -2.31. The van der Waals surface area contributed by atoms with Crippen molar-refractivity contribution in [3.8, 4) is 0 Å². The Kier molecular flexibility index (Phi) is 6.94. The molecule has 0 bridgehead atoms. The predicted molar refractivity (Wildman–Crippen MR) is 86.8 cm³/mol. The first-order valence-electron chi connectivity index (χ1n) is 6.44. The van der Waals surface area contributed by atoms with Crippen LogP contribution in [0.4, 0.5) is 0 Å². The fourth-order valence-corrected chi connectivity index (χ4v) is 4.28. The minimum Gasteiger partial charge on any atom is -0.319 e. The largest absolute Gasteiger partial charge is 0.319 e. The van der Waals surface area contributed by atoms with Gasteiger partial charge in [-0.15, -0.1) is 12.4 Å². The molecular weight excluding hydrogens is 364 g/mol. The molecule has 1 aromatic carbocycles. The predicted octanol–water partition coefficient (Wildman–Crippen LogP) is 2.49. The van der Waals surface area contributed by atoms with Crippen molar-refractivity contribution < 1.29 is 8.42 Å². The number of piperidine rings is 1. The van der Waals surface area contributed by atoms with E-state index in [1.807, 2.05) is 7.05 Å². The van der Waals surface area contributed by atoms with Crippen LogP contribution in [0.5, 0.6) is 0 Å². The van der Waals surface area contributed by atoms with Crippen LogP contribution in [0.25, 0.3) is 0 Å². The molecule has 0 amide bonds. The third-order valence-electron chi connectivity index (χ3n) is 3.43. The second-order valence-corrected chi connectivity index (χ2v) is 7.74. The highest BCUT2D eigenvalue weighted by Gasteiger charge is 2.29. The van der Waals surface area contributed by atoms with E-state index in [0.717, 1.165) is 23.9 Å². The number of sulfonamides is 1. The zero-order valence-corrected chi connectivity index (χ0v) is 14.6. The summed E-state index contributed by atoms with van der Waals surface area (Å²) in [5.74, 6) is 0.406. The Morgan fingerprint density at radius 3 is 2.60 bits per heavy atom. The Balaban J connectivity index is 0.00000200. The summed E-state index contributed by atoms with van der Waals surface area (Å²) in [6.07, 6.45) is 2.02. The number of rotatable bonds is 4. The Labute approximate surface area is 135 Å². The number of benzene rings is 1. The van der Waals surface area contributed by atoms with Crippen molar-refractivity contribution in [3.05, 3.63) is 28.7 Å². The average molecular weight is 384 g/mol. The number of nitrogens with zero attached hydrogens (tertiary/aromatic N) is 1. The highest BCUT2D eigenvalue weighted by atomic mass is 79.9. The van der Waals surface area contributed by atoms with Crippen molar-refractivity contribution in [2.45, 2.75) is 17.7 Å². The zero-order valence-electron chi connectivity index (χ0n) is 11.4. The van der Waals surface area contributed by atoms with Crippen LogP contribution in [0.15, 0.2) is 33.6 Å². The number of hydrogen-bond donors (Lipinski definition) is 1. The van der Waals surface area contributed by atoms with E-state index in [2.05, 4.69) is 21.2 Å². The van der Waals surface area contributed by atoms with Crippen LogP contribution in [0.3, 0.4) is 0 Å². The summed E-state index contributed by atoms with van der Waals surface area (Å²) in [7, 11) is -1.44. The topological polar surface area (TPSA) is 49.4 Å². The molecule has 1 aliphatic heterocycles. The van der Waals surface area contributed by atoms with Crippen molar-refractivity contribution >= 4 is 38.4 Å². The number of halogens is 2. The van der Waals surface area contributed by atoms with Gasteiger partial charge in [0.05, 0.1) is 4.90 Å². The molecule has 0 spiro atoms. The zero-order chi connectivity index (χ0) is 13.9. The summed E-state index contributed by atoms with van der Waals surface area (Å²) in [5, 5.41) is 3.13. The maximum Gasteiger partial charge on any atom is 0.243 e. The van der Waals surface area contributed by atoms with Crippen LogP contribution >= 0.6 is 28.3 Å². The summed E-state index contributed by atoms with van der Waals surface area (Å²) in [5.41, 5.74) is 0. The SMILES string of the molecule is CNCC1CCCN(S(=O)(=O)c2ccc(Br)cc2)C1.Cl. The van der Waals surface area contributed by atoms with Gasteiger partial charge in [0.2, 0.25) is 10.0 Å². The van der Waals surface area contributed by atoms with Gasteiger partial charge in [-0.25, -0.2) is 8.42 Å². The lowest BCUT2D eigenvalue weighted by molar-refractivity contribution is 0.263. The third kappa shape index (κ3) is 4.18. The molecule has 0 radical (unpaired) electrons. The van der Waals surface area contributed by atoms with Gasteiger partial charge < -0.3 is 5.32 Å². The van der Waals surface area contributed by atoms with E-state index in [9.17, 15) is 8.42 Å². The molecule has 1 atom stereocenters. The molecule has 4 nitrogen and oxygen atoms in total. The van der Waals surface area contributed by atoms with Crippen LogP contribution in [-0.4, -0.2) is 39.4 Å². The minimum atomic E-state index is -3.35. The molecule has 1 aromatic rings. The molecule has 20 heavy (non-hydrogen) atoms. The summed E-state index contributed by atoms with van der Waals surface area (Å²) >= 11 is 3.32. The first-order chi connectivity index (χ1) is 9.04. The van der Waals surface area contributed by atoms with Crippen LogP contribution in [0, 0.1) is 5.92 Å². The summed E-state index contributed by atoms with van der Waals surface area (Å²) in [4.78, 5) is 0.376. The molecule has 2 rings (SSSR count). The van der Waals surface area contributed by atoms with Crippen LogP contribution in [0.2, 0.25) is 0 Å². The maximum absolute atomic E-state index is 12.5. The van der Waals surface area contributed by atoms with Crippen LogP contribution < -0.4 is 5.32 Å². The van der Waals surface area contributed by atoms with Gasteiger partial charge in [-0.05, 0) is 56.6 Å². The molecule has 1 fully saturated rings. The van der Waals surface area contributed by atoms with Crippen LogP contribution in [0.1, 0.15) is 12.8 Å². The quantitative estimate of drug-likeness (QED) is 0.869. The van der Waals surface area contributed by atoms with Gasteiger partial charge in [0, 0.05) is 17.6 Å². The van der Waals surface area contributed by atoms with E-state index in [-0.39, 0.29) is 12.4 Å². The average Bonchev–Trinajstić information content (AvgIpc) is 2.40. The third-order valence-corrected chi connectivity index (χ3v) is 5.83. The van der Waals surface area contributed by atoms with Gasteiger partial charge in [-0.2, -0.15) is 4.31 Å². The summed E-state index contributed by atoms with van der Waals surface area (Å²) in [6.45, 7) is 2.10. The highest BCUT2D eigenvalue weighted by molar-refractivity contribution is 9.10. The molecular formula is C13H20BrClN2O2S. The van der Waals surface area contributed by atoms with Crippen LogP contribution in [-0.2, 0) is 10.0 Å². The van der Waals surface area contributed by atoms with E-state index in [4.69, 9.17) is 0 Å². The van der Waals surface area contributed by atoms with Gasteiger partial charge in [0.15, 0.2) is 0 Å². The van der Waals surface area contributed by atoms with E-state index in [1.54, 1.807) is 28.6 Å². The Morgan fingerprint density at radius 2 is 2.00 bits per heavy atom. The molecule has 7 heteroatoms. The summed E-state index contributed by atoms with van der Waals surface area (Å²) in [6, 6.07) is 6.84. The van der Waals surface area contributed by atoms with Gasteiger partial charge in [-0.3, -0.25) is 0 Å². The number of nitrogens with one attached hydrogen (secondary N) is 1. The van der Waals surface area contributed by atoms with Crippen molar-refractivity contribution in [2.75, 3.05) is 26.7 Å². The molecule has 1 heterocycles. The second kappa shape index (κ2) is 7.75. The Hall–Kier alpha value is -0.140. The molecule has 0 aliphatic carbocycles. The number of hydrogen-bond acceptors (Lipinski definition) is 3. The lowest BCUT2D eigenvalue weighted by Crippen LogP contribution is -2.42. The van der Waals surface area contributed by atoms with Crippen molar-refractivity contribution in [2.24, 2.45) is 5.92 Å². The first kappa shape index (κ1) is 17.9. The molecule has 0 aromatic heterocycles. The molecule has 1 aliphatic rings. The van der Waals surface area contributed by atoms with E-state index in [0.29, 0.717) is 23.9 Å². The van der Waals surface area contributed by atoms with E-state index < -0.39 is 10.0 Å². The van der Waals surface area contributed by atoms with E-state index in [1.165, 1.54) is 0 Å². The molecule has 0 saturated carbocycles. The lowest BCUT2D eigenvalue weighted by atomic mass is 10.00. The molecule has 1 N–H and O–H groups in total. The molecule has 114 valence electrons. The Bertz CT molecular complexity index is 520. The normalized spacial score (nSPS) is 20.4. The maximum atomic E-state index is 12.5. The second-order valence-electron chi connectivity index (χ2n) is 4.88. The van der Waals surface area contributed by atoms with Gasteiger partial charge >= 0.3 is 0 Å². The Morgan fingerprint density at radius 1 is 1.35 bits per heavy atom. The van der Waals surface area contributed by atoms with Gasteiger partial charge in [-0.1, -0.05) is 15.9 Å². The van der Waals surface area contributed by atoms with Crippen molar-refractivity contribution in [1.29, 1.82) is 0 Å². The molecule has 1 unspecified atom stereocenters.